The van der Waals surface area contributed by atoms with E-state index in [0.717, 1.165) is 62.6 Å². The molecule has 0 saturated carbocycles. The highest BCUT2D eigenvalue weighted by atomic mass is 15.2. The molecule has 6 nitrogen and oxygen atoms in total. The van der Waals surface area contributed by atoms with E-state index in [4.69, 9.17) is 0 Å². The van der Waals surface area contributed by atoms with Crippen LogP contribution in [0, 0.1) is 0 Å². The van der Waals surface area contributed by atoms with Gasteiger partial charge in [-0.2, -0.15) is 0 Å². The van der Waals surface area contributed by atoms with Crippen molar-refractivity contribution in [3.05, 3.63) is 558 Å². The Labute approximate surface area is 812 Å². The largest absolute Gasteiger partial charge is 0.310 e. The van der Waals surface area contributed by atoms with Gasteiger partial charge in [0.25, 0.3) is 0 Å². The first-order valence-corrected chi connectivity index (χ1v) is 48.0. The Balaban J connectivity index is 0.000000111. The minimum absolute atomic E-state index is 1.10. The summed E-state index contributed by atoms with van der Waals surface area (Å²) in [5, 5.41) is 20.1. The summed E-state index contributed by atoms with van der Waals surface area (Å²) in [6.07, 6.45) is 0. The van der Waals surface area contributed by atoms with Crippen molar-refractivity contribution in [2.45, 2.75) is 0 Å². The predicted octanol–water partition coefficient (Wildman–Crippen LogP) is 37.2. The molecule has 0 bridgehead atoms. The van der Waals surface area contributed by atoms with Crippen molar-refractivity contribution >= 4 is 170 Å². The lowest BCUT2D eigenvalue weighted by molar-refractivity contribution is 1.18. The van der Waals surface area contributed by atoms with Crippen LogP contribution in [0.4, 0.5) is 51.2 Å². The molecule has 6 heteroatoms. The molecule has 3 aromatic heterocycles. The summed E-state index contributed by atoms with van der Waals surface area (Å²) in [7, 11) is 0. The first kappa shape index (κ1) is 83.2. The van der Waals surface area contributed by atoms with Gasteiger partial charge in [0, 0.05) is 101 Å². The van der Waals surface area contributed by atoms with Gasteiger partial charge in [-0.15, -0.1) is 0 Å². The van der Waals surface area contributed by atoms with Crippen molar-refractivity contribution in [1.82, 2.24) is 13.7 Å². The minimum Gasteiger partial charge on any atom is -0.310 e. The fourth-order valence-corrected chi connectivity index (χ4v) is 21.2. The molecule has 0 aliphatic heterocycles. The molecule has 658 valence electrons. The lowest BCUT2D eigenvalue weighted by atomic mass is 9.93. The third kappa shape index (κ3) is 15.4. The van der Waals surface area contributed by atoms with Crippen LogP contribution in [0.25, 0.3) is 181 Å². The van der Waals surface area contributed by atoms with E-state index >= 15 is 0 Å². The summed E-state index contributed by atoms with van der Waals surface area (Å²) in [6.45, 7) is 0. The van der Waals surface area contributed by atoms with Crippen LogP contribution in [0.1, 0.15) is 0 Å². The molecular weight excluding hydrogens is 1690 g/mol. The van der Waals surface area contributed by atoms with E-state index in [0.29, 0.717) is 0 Å². The van der Waals surface area contributed by atoms with E-state index in [1.165, 1.54) is 169 Å². The number of fused-ring (bicyclic) bond motifs is 15. The SMILES string of the molecule is c1ccc(-n2c3ccccc3c3cc(N(c4ccc(-c5cccc6ccccc56)cc4)c4ccc(-c5cccc6ccccc56)cc4)ccc32)cc1.c1ccc(N(c2ccc(-c3cc4ccccc4c4ccccc34)cc2)c2ccc3c(c2)c2ccccc2n3-c2ccccc2)cc1.c1ccc(N(c2ccc(-c3ccc4ccccc4c3)cc2)c2ccc3c(c2)c2ccccc2n3-c2ccccc2)cc1. The van der Waals surface area contributed by atoms with Gasteiger partial charge in [0.1, 0.15) is 0 Å². The standard InChI is InChI=1S/C50H34N2.C44H30N2.C40H28N2/c1-2-16-39(17-3-1)52-49-23-9-8-20-47(49)48-34-42(32-33-50(48)52)51(40-28-24-37(25-29-40)45-21-10-14-35-12-4-6-18-43(35)45)41-30-26-38(27-31-41)46-22-11-15-36-13-5-7-19-44(36)46;1-3-14-33(15-4-1)45(36-27-28-44-42(30-36)40-21-11-12-22-43(40)46(44)34-16-5-2-6-17-34)35-25-23-31(24-26-35)41-29-32-13-7-8-18-37(32)38-19-9-10-20-39(38)41;1-3-13-33(14-4-1)41(35-23-21-30(22-24-35)32-20-19-29-11-7-8-12-31(29)27-32)36-25-26-40-38(28-36)37-17-9-10-18-39(37)42(40)34-15-5-2-6-16-34/h1-34H;1-30H;1-28H. The molecule has 0 atom stereocenters. The Morgan fingerprint density at radius 2 is 0.379 bits per heavy atom. The van der Waals surface area contributed by atoms with Gasteiger partial charge in [0.05, 0.1) is 33.1 Å². The molecule has 140 heavy (non-hydrogen) atoms. The maximum absolute atomic E-state index is 2.38. The van der Waals surface area contributed by atoms with Gasteiger partial charge in [-0.3, -0.25) is 0 Å². The van der Waals surface area contributed by atoms with Crippen LogP contribution in [-0.4, -0.2) is 13.7 Å². The minimum atomic E-state index is 1.10. The molecule has 0 N–H and O–H groups in total. The zero-order chi connectivity index (χ0) is 92.8. The number of hydrogen-bond donors (Lipinski definition) is 0. The van der Waals surface area contributed by atoms with Crippen LogP contribution >= 0.6 is 0 Å². The summed E-state index contributed by atoms with van der Waals surface area (Å²) in [5.74, 6) is 0. The molecular formula is C134H92N6. The van der Waals surface area contributed by atoms with Gasteiger partial charge in [-0.05, 0) is 292 Å². The average Bonchev–Trinajstić information content (AvgIpc) is 1.60. The quantitative estimate of drug-likeness (QED) is 0.0901. The Bertz CT molecular complexity index is 9140. The number of rotatable bonds is 16. The van der Waals surface area contributed by atoms with Crippen molar-refractivity contribution in [3.8, 4) is 61.6 Å². The highest BCUT2D eigenvalue weighted by Crippen LogP contribution is 2.48. The first-order valence-electron chi connectivity index (χ1n) is 48.0. The highest BCUT2D eigenvalue weighted by molar-refractivity contribution is 6.16. The van der Waals surface area contributed by atoms with E-state index in [1.54, 1.807) is 0 Å². The second kappa shape index (κ2) is 36.3. The highest BCUT2D eigenvalue weighted by Gasteiger charge is 2.24. The van der Waals surface area contributed by atoms with Crippen LogP contribution < -0.4 is 14.7 Å². The molecule has 0 spiro atoms. The van der Waals surface area contributed by atoms with Crippen LogP contribution in [-0.2, 0) is 0 Å². The van der Waals surface area contributed by atoms with E-state index < -0.39 is 0 Å². The smallest absolute Gasteiger partial charge is 0.0542 e. The van der Waals surface area contributed by atoms with E-state index in [9.17, 15) is 0 Å². The number of anilines is 9. The van der Waals surface area contributed by atoms with Crippen molar-refractivity contribution in [3.63, 3.8) is 0 Å². The third-order valence-corrected chi connectivity index (χ3v) is 27.7. The molecule has 0 unspecified atom stereocenters. The number of nitrogens with zero attached hydrogens (tertiary/aromatic N) is 6. The lowest BCUT2D eigenvalue weighted by Crippen LogP contribution is -2.10. The average molecular weight is 1790 g/mol. The molecule has 0 saturated heterocycles. The van der Waals surface area contributed by atoms with Crippen LogP contribution in [0.2, 0.25) is 0 Å². The molecule has 27 aromatic rings. The Hall–Kier alpha value is -18.6. The number of benzene rings is 24. The van der Waals surface area contributed by atoms with E-state index in [-0.39, 0.29) is 0 Å². The number of para-hydroxylation sites is 8. The Kier molecular flexibility index (Phi) is 21.6. The van der Waals surface area contributed by atoms with Crippen LogP contribution in [0.5, 0.6) is 0 Å². The van der Waals surface area contributed by atoms with Gasteiger partial charge in [0.2, 0.25) is 0 Å². The molecule has 0 aliphatic rings. The van der Waals surface area contributed by atoms with Gasteiger partial charge >= 0.3 is 0 Å². The van der Waals surface area contributed by atoms with Crippen LogP contribution in [0.15, 0.2) is 558 Å². The number of aromatic nitrogens is 3. The summed E-state index contributed by atoms with van der Waals surface area (Å²) in [6, 6.07) is 201. The van der Waals surface area contributed by atoms with Gasteiger partial charge in [-0.1, -0.05) is 364 Å². The molecule has 0 radical (unpaired) electrons. The lowest BCUT2D eigenvalue weighted by Gasteiger charge is -2.26. The monoisotopic (exact) mass is 1780 g/mol. The Morgan fingerprint density at radius 3 is 0.771 bits per heavy atom. The second-order valence-electron chi connectivity index (χ2n) is 35.8. The normalized spacial score (nSPS) is 11.4. The zero-order valence-corrected chi connectivity index (χ0v) is 76.8. The molecule has 24 aromatic carbocycles. The van der Waals surface area contributed by atoms with Crippen molar-refractivity contribution in [2.75, 3.05) is 14.7 Å². The van der Waals surface area contributed by atoms with Crippen molar-refractivity contribution < 1.29 is 0 Å². The fourth-order valence-electron chi connectivity index (χ4n) is 21.2. The van der Waals surface area contributed by atoms with Gasteiger partial charge in [0.15, 0.2) is 0 Å². The van der Waals surface area contributed by atoms with Crippen LogP contribution in [0.3, 0.4) is 0 Å². The Morgan fingerprint density at radius 1 is 0.114 bits per heavy atom. The van der Waals surface area contributed by atoms with E-state index in [1.807, 2.05) is 0 Å². The summed E-state index contributed by atoms with van der Waals surface area (Å²) in [4.78, 5) is 7.09. The van der Waals surface area contributed by atoms with Crippen molar-refractivity contribution in [2.24, 2.45) is 0 Å². The summed E-state index contributed by atoms with van der Waals surface area (Å²) >= 11 is 0. The molecule has 27 rings (SSSR count). The first-order chi connectivity index (χ1) is 69.5. The third-order valence-electron chi connectivity index (χ3n) is 27.7. The van der Waals surface area contributed by atoms with E-state index in [2.05, 4.69) is 587 Å². The summed E-state index contributed by atoms with van der Waals surface area (Å²) < 4.78 is 7.10. The molecule has 0 amide bonds. The van der Waals surface area contributed by atoms with Crippen molar-refractivity contribution in [1.29, 1.82) is 0 Å². The fraction of sp³-hybridized carbons (Fsp3) is 0. The predicted molar refractivity (Wildman–Crippen MR) is 596 cm³/mol. The van der Waals surface area contributed by atoms with Gasteiger partial charge < -0.3 is 28.4 Å². The van der Waals surface area contributed by atoms with Gasteiger partial charge in [-0.25, -0.2) is 0 Å². The molecule has 0 aliphatic carbocycles. The maximum atomic E-state index is 2.38. The zero-order valence-electron chi connectivity index (χ0n) is 76.8. The second-order valence-corrected chi connectivity index (χ2v) is 35.8. The maximum Gasteiger partial charge on any atom is 0.0542 e. The molecule has 0 fully saturated rings. The number of hydrogen-bond acceptors (Lipinski definition) is 3. The summed E-state index contributed by atoms with van der Waals surface area (Å²) in [5.41, 5.74) is 30.5. The molecule has 3 heterocycles. The topological polar surface area (TPSA) is 24.5 Å².